The average molecular weight is 244 g/mol. The molecule has 0 radical (unpaired) electrons. The maximum Gasteiger partial charge on any atom is 0.215 e. The van der Waals surface area contributed by atoms with Gasteiger partial charge in [0.1, 0.15) is 12.0 Å². The van der Waals surface area contributed by atoms with Gasteiger partial charge in [0.2, 0.25) is 7.85 Å². The number of hydrogen-bond donors (Lipinski definition) is 1. The molecule has 13 heavy (non-hydrogen) atoms. The van der Waals surface area contributed by atoms with Crippen molar-refractivity contribution in [3.05, 3.63) is 22.6 Å². The quantitative estimate of drug-likeness (QED) is 0.824. The molecule has 3 nitrogen and oxygen atoms in total. The molecule has 0 bridgehead atoms. The fraction of sp³-hybridized carbons (Fsp3) is 0.375. The van der Waals surface area contributed by atoms with Gasteiger partial charge in [-0.3, -0.25) is 4.79 Å². The van der Waals surface area contributed by atoms with E-state index in [1.165, 1.54) is 7.85 Å². The van der Waals surface area contributed by atoms with Crippen LogP contribution < -0.4 is 5.32 Å². The predicted octanol–water partition coefficient (Wildman–Crippen LogP) is 1.84. The van der Waals surface area contributed by atoms with E-state index in [1.54, 1.807) is 6.26 Å². The third-order valence-electron chi connectivity index (χ3n) is 1.72. The highest BCUT2D eigenvalue weighted by molar-refractivity contribution is 9.10. The van der Waals surface area contributed by atoms with Gasteiger partial charge in [0.15, 0.2) is 5.81 Å². The smallest absolute Gasteiger partial charge is 0.215 e. The number of furan rings is 1. The molecule has 70 valence electrons. The topological polar surface area (TPSA) is 42.2 Å². The molecule has 0 aliphatic heterocycles. The Balaban J connectivity index is 2.72. The maximum absolute atomic E-state index is 10.8. The van der Waals surface area contributed by atoms with E-state index in [0.717, 1.165) is 16.7 Å². The zero-order valence-corrected chi connectivity index (χ0v) is 9.22. The van der Waals surface area contributed by atoms with Crippen molar-refractivity contribution in [2.45, 2.75) is 19.4 Å². The van der Waals surface area contributed by atoms with Crippen molar-refractivity contribution >= 4 is 29.6 Å². The van der Waals surface area contributed by atoms with Gasteiger partial charge < -0.3 is 9.73 Å². The third-order valence-corrected chi connectivity index (χ3v) is 2.13. The number of amides is 1. The van der Waals surface area contributed by atoms with Gasteiger partial charge in [0.05, 0.1) is 10.5 Å². The van der Waals surface area contributed by atoms with Crippen LogP contribution >= 0.6 is 15.9 Å². The Morgan fingerprint density at radius 3 is 2.92 bits per heavy atom. The average Bonchev–Trinajstić information content (AvgIpc) is 2.47. The van der Waals surface area contributed by atoms with E-state index >= 15 is 0 Å². The second kappa shape index (κ2) is 4.51. The second-order valence-electron chi connectivity index (χ2n) is 2.83. The first-order chi connectivity index (χ1) is 6.13. The first-order valence-corrected chi connectivity index (χ1v) is 4.93. The molecule has 0 aromatic carbocycles. The second-order valence-corrected chi connectivity index (χ2v) is 3.74. The first kappa shape index (κ1) is 10.4. The minimum atomic E-state index is -0.0422. The van der Waals surface area contributed by atoms with Crippen molar-refractivity contribution < 1.29 is 9.21 Å². The van der Waals surface area contributed by atoms with Crippen molar-refractivity contribution in [2.75, 3.05) is 0 Å². The number of carbonyl (C=O) groups is 1. The minimum absolute atomic E-state index is 0.0243. The molecule has 1 N–H and O–H groups in total. The minimum Gasteiger partial charge on any atom is -0.466 e. The lowest BCUT2D eigenvalue weighted by atomic mass is 10.1. The summed E-state index contributed by atoms with van der Waals surface area (Å²) in [7, 11) is 1.50. The highest BCUT2D eigenvalue weighted by atomic mass is 79.9. The van der Waals surface area contributed by atoms with E-state index in [9.17, 15) is 4.79 Å². The molecule has 5 heteroatoms. The lowest BCUT2D eigenvalue weighted by Gasteiger charge is -2.12. The largest absolute Gasteiger partial charge is 0.466 e. The van der Waals surface area contributed by atoms with Gasteiger partial charge in [0.25, 0.3) is 0 Å². The molecule has 1 rings (SSSR count). The van der Waals surface area contributed by atoms with Gasteiger partial charge in [-0.1, -0.05) is 6.92 Å². The normalized spacial score (nSPS) is 12.5. The van der Waals surface area contributed by atoms with Gasteiger partial charge in [-0.15, -0.1) is 0 Å². The molecule has 1 unspecified atom stereocenters. The number of rotatable bonds is 3. The highest BCUT2D eigenvalue weighted by Gasteiger charge is 2.13. The highest BCUT2D eigenvalue weighted by Crippen LogP contribution is 2.22. The SMILES string of the molecule is BC(=O)NC(CC)c1cc(Br)co1. The Bertz CT molecular complexity index is 300. The maximum atomic E-state index is 10.8. The van der Waals surface area contributed by atoms with E-state index in [-0.39, 0.29) is 11.8 Å². The molecule has 1 amide bonds. The summed E-state index contributed by atoms with van der Waals surface area (Å²) in [5, 5.41) is 2.81. The van der Waals surface area contributed by atoms with E-state index in [1.807, 2.05) is 13.0 Å². The van der Waals surface area contributed by atoms with Crippen molar-refractivity contribution in [3.8, 4) is 0 Å². The van der Waals surface area contributed by atoms with Gasteiger partial charge in [0, 0.05) is 0 Å². The standard InChI is InChI=1S/C8H11BBrNO2/c1-2-6(11-8(9)12)7-3-5(10)4-13-7/h3-4,6H,2,9H2,1H3,(H,11,12). The Labute approximate surface area is 86.4 Å². The van der Waals surface area contributed by atoms with Gasteiger partial charge in [-0.25, -0.2) is 0 Å². The third kappa shape index (κ3) is 2.92. The van der Waals surface area contributed by atoms with Crippen LogP contribution in [0.25, 0.3) is 0 Å². The van der Waals surface area contributed by atoms with Crippen LogP contribution in [0.2, 0.25) is 0 Å². The van der Waals surface area contributed by atoms with Crippen molar-refractivity contribution in [3.63, 3.8) is 0 Å². The summed E-state index contributed by atoms with van der Waals surface area (Å²) in [6.07, 6.45) is 2.43. The van der Waals surface area contributed by atoms with Gasteiger partial charge >= 0.3 is 0 Å². The van der Waals surface area contributed by atoms with Crippen LogP contribution in [-0.2, 0) is 0 Å². The number of hydrogen-bond acceptors (Lipinski definition) is 2. The summed E-state index contributed by atoms with van der Waals surface area (Å²) in [4.78, 5) is 10.8. The molecule has 0 aliphatic rings. The Hall–Kier alpha value is -0.705. The van der Waals surface area contributed by atoms with Crippen LogP contribution in [-0.4, -0.2) is 13.7 Å². The fourth-order valence-corrected chi connectivity index (χ4v) is 1.45. The zero-order valence-electron chi connectivity index (χ0n) is 7.63. The number of halogens is 1. The first-order valence-electron chi connectivity index (χ1n) is 4.14. The molecular formula is C8H11BBrNO2. The van der Waals surface area contributed by atoms with Crippen LogP contribution in [0.3, 0.4) is 0 Å². The molecule has 1 aromatic heterocycles. The molecule has 0 spiro atoms. The lowest BCUT2D eigenvalue weighted by molar-refractivity contribution is 0.254. The summed E-state index contributed by atoms with van der Waals surface area (Å²) in [6.45, 7) is 2.00. The molecule has 0 fully saturated rings. The molecule has 0 saturated carbocycles. The fourth-order valence-electron chi connectivity index (χ4n) is 1.13. The van der Waals surface area contributed by atoms with E-state index in [0.29, 0.717) is 0 Å². The van der Waals surface area contributed by atoms with Gasteiger partial charge in [-0.05, 0) is 28.4 Å². The molecule has 1 aromatic rings. The van der Waals surface area contributed by atoms with Crippen LogP contribution in [0.5, 0.6) is 0 Å². The van der Waals surface area contributed by atoms with Crippen molar-refractivity contribution in [1.29, 1.82) is 0 Å². The zero-order chi connectivity index (χ0) is 9.84. The summed E-state index contributed by atoms with van der Waals surface area (Å²) in [5.74, 6) is 0.740. The van der Waals surface area contributed by atoms with E-state index < -0.39 is 0 Å². The van der Waals surface area contributed by atoms with Crippen LogP contribution in [0.15, 0.2) is 21.2 Å². The van der Waals surface area contributed by atoms with Crippen molar-refractivity contribution in [2.24, 2.45) is 0 Å². The Morgan fingerprint density at radius 2 is 2.54 bits per heavy atom. The summed E-state index contributed by atoms with van der Waals surface area (Å²) < 4.78 is 6.15. The van der Waals surface area contributed by atoms with E-state index in [2.05, 4.69) is 21.2 Å². The predicted molar refractivity (Wildman–Crippen MR) is 56.5 cm³/mol. The number of carbonyl (C=O) groups excluding carboxylic acids is 1. The van der Waals surface area contributed by atoms with Crippen LogP contribution in [0, 0.1) is 0 Å². The summed E-state index contributed by atoms with van der Waals surface area (Å²) in [6, 6.07) is 1.84. The molecular weight excluding hydrogens is 233 g/mol. The van der Waals surface area contributed by atoms with E-state index in [4.69, 9.17) is 4.42 Å². The monoisotopic (exact) mass is 243 g/mol. The molecule has 0 saturated heterocycles. The Morgan fingerprint density at radius 1 is 1.85 bits per heavy atom. The lowest BCUT2D eigenvalue weighted by Crippen LogP contribution is -2.26. The van der Waals surface area contributed by atoms with Crippen LogP contribution in [0.1, 0.15) is 25.1 Å². The molecule has 1 heterocycles. The van der Waals surface area contributed by atoms with Crippen molar-refractivity contribution in [1.82, 2.24) is 5.32 Å². The summed E-state index contributed by atoms with van der Waals surface area (Å²) >= 11 is 3.29. The van der Waals surface area contributed by atoms with Crippen LogP contribution in [0.4, 0.5) is 4.79 Å². The number of nitrogens with one attached hydrogen (secondary N) is 1. The summed E-state index contributed by atoms with van der Waals surface area (Å²) in [5.41, 5.74) is 0. The Kier molecular flexibility index (Phi) is 3.60. The van der Waals surface area contributed by atoms with Gasteiger partial charge in [-0.2, -0.15) is 0 Å². The molecule has 1 atom stereocenters. The molecule has 0 aliphatic carbocycles.